The van der Waals surface area contributed by atoms with Gasteiger partial charge >= 0.3 is 6.03 Å². The molecule has 1 N–H and O–H groups in total. The molecule has 44 heavy (non-hydrogen) atoms. The number of carbonyl (C=O) groups is 3. The van der Waals surface area contributed by atoms with Gasteiger partial charge < -0.3 is 9.47 Å². The van der Waals surface area contributed by atoms with E-state index in [0.29, 0.717) is 27.6 Å². The fraction of sp³-hybridized carbons (Fsp3) is 0.0571. The van der Waals surface area contributed by atoms with Crippen molar-refractivity contribution in [1.29, 1.82) is 0 Å². The van der Waals surface area contributed by atoms with Crippen molar-refractivity contribution in [3.63, 3.8) is 0 Å². The summed E-state index contributed by atoms with van der Waals surface area (Å²) in [6, 6.07) is 29.8. The molecule has 1 aliphatic rings. The van der Waals surface area contributed by atoms with Gasteiger partial charge in [-0.3, -0.25) is 14.9 Å². The first-order chi connectivity index (χ1) is 21.4. The van der Waals surface area contributed by atoms with E-state index in [-0.39, 0.29) is 30.3 Å². The van der Waals surface area contributed by atoms with Gasteiger partial charge in [0.05, 0.1) is 5.69 Å². The maximum atomic E-state index is 13.7. The molecule has 0 saturated carbocycles. The molecule has 4 amide bonds. The Morgan fingerprint density at radius 1 is 0.795 bits per heavy atom. The Labute approximate surface area is 257 Å². The van der Waals surface area contributed by atoms with Crippen molar-refractivity contribution >= 4 is 52.0 Å². The molecular formula is C35H24ClFN2O5. The number of imide groups is 2. The number of ether oxygens (including phenoxy) is 2. The predicted octanol–water partition coefficient (Wildman–Crippen LogP) is 7.46. The van der Waals surface area contributed by atoms with Crippen LogP contribution in [0.5, 0.6) is 11.5 Å². The molecule has 9 heteroatoms. The highest BCUT2D eigenvalue weighted by Gasteiger charge is 2.37. The number of amides is 4. The molecule has 5 aromatic carbocycles. The second kappa shape index (κ2) is 12.4. The van der Waals surface area contributed by atoms with Gasteiger partial charge in [-0.25, -0.2) is 14.1 Å². The minimum atomic E-state index is -0.873. The first kappa shape index (κ1) is 28.6. The lowest BCUT2D eigenvalue weighted by Crippen LogP contribution is -2.54. The summed E-state index contributed by atoms with van der Waals surface area (Å²) < 4.78 is 25.6. The van der Waals surface area contributed by atoms with Gasteiger partial charge in [-0.1, -0.05) is 72.3 Å². The smallest absolute Gasteiger partial charge is 0.335 e. The molecule has 0 spiro atoms. The number of hydrogen-bond donors (Lipinski definition) is 1. The normalized spacial score (nSPS) is 14.2. The Kier molecular flexibility index (Phi) is 8.08. The van der Waals surface area contributed by atoms with E-state index >= 15 is 0 Å². The zero-order valence-corrected chi connectivity index (χ0v) is 23.9. The lowest BCUT2D eigenvalue weighted by Gasteiger charge is -2.26. The van der Waals surface area contributed by atoms with Crippen LogP contribution in [-0.2, 0) is 22.8 Å². The molecule has 0 radical (unpaired) electrons. The highest BCUT2D eigenvalue weighted by Crippen LogP contribution is 2.33. The third-order valence-corrected chi connectivity index (χ3v) is 7.42. The number of hydrogen-bond acceptors (Lipinski definition) is 5. The number of benzene rings is 5. The maximum Gasteiger partial charge on any atom is 0.335 e. The number of carbonyl (C=O) groups excluding carboxylic acids is 3. The van der Waals surface area contributed by atoms with Gasteiger partial charge in [-0.2, -0.15) is 0 Å². The summed E-state index contributed by atoms with van der Waals surface area (Å²) >= 11 is 6.20. The van der Waals surface area contributed by atoms with Crippen LogP contribution in [0.4, 0.5) is 14.9 Å². The van der Waals surface area contributed by atoms with E-state index in [9.17, 15) is 18.8 Å². The summed E-state index contributed by atoms with van der Waals surface area (Å²) in [6.07, 6.45) is 1.42. The first-order valence-electron chi connectivity index (χ1n) is 13.6. The van der Waals surface area contributed by atoms with Crippen LogP contribution >= 0.6 is 11.6 Å². The lowest BCUT2D eigenvalue weighted by atomic mass is 9.99. The summed E-state index contributed by atoms with van der Waals surface area (Å²) in [7, 11) is 0. The van der Waals surface area contributed by atoms with Crippen molar-refractivity contribution in [2.24, 2.45) is 0 Å². The van der Waals surface area contributed by atoms with Crippen molar-refractivity contribution in [2.75, 3.05) is 4.90 Å². The highest BCUT2D eigenvalue weighted by atomic mass is 35.5. The summed E-state index contributed by atoms with van der Waals surface area (Å²) in [6.45, 7) is 0.292. The van der Waals surface area contributed by atoms with Crippen LogP contribution in [-0.4, -0.2) is 17.8 Å². The van der Waals surface area contributed by atoms with Crippen molar-refractivity contribution < 1.29 is 28.2 Å². The standard InChI is InChI=1S/C35H24ClFN2O5/c36-31-11-4-2-8-24(31)21-43-27-15-13-26(14-16-27)39-34(41)30(33(40)38-35(39)42)19-29-28-10-3-1-7-23(28)12-17-32(29)44-20-22-6-5-9-25(37)18-22/h1-19H,20-21H2,(H,38,40,42)/b30-19+. The van der Waals surface area contributed by atoms with Crippen LogP contribution in [0.2, 0.25) is 5.02 Å². The number of barbiturate groups is 1. The van der Waals surface area contributed by atoms with Crippen molar-refractivity contribution in [2.45, 2.75) is 13.2 Å². The van der Waals surface area contributed by atoms with Gasteiger partial charge in [0, 0.05) is 16.1 Å². The first-order valence-corrected chi connectivity index (χ1v) is 14.0. The number of rotatable bonds is 8. The number of nitrogens with zero attached hydrogens (tertiary/aromatic N) is 1. The molecule has 0 aromatic heterocycles. The molecule has 0 bridgehead atoms. The third-order valence-electron chi connectivity index (χ3n) is 7.05. The van der Waals surface area contributed by atoms with Gasteiger partial charge in [0.1, 0.15) is 36.1 Å². The quantitative estimate of drug-likeness (QED) is 0.146. The van der Waals surface area contributed by atoms with E-state index in [1.165, 1.54) is 18.2 Å². The molecule has 6 rings (SSSR count). The van der Waals surface area contributed by atoms with Crippen molar-refractivity contribution in [3.05, 3.63) is 142 Å². The summed E-state index contributed by atoms with van der Waals surface area (Å²) in [5, 5.41) is 4.41. The predicted molar refractivity (Wildman–Crippen MR) is 166 cm³/mol. The largest absolute Gasteiger partial charge is 0.489 e. The molecule has 0 atom stereocenters. The van der Waals surface area contributed by atoms with E-state index in [1.807, 2.05) is 48.5 Å². The van der Waals surface area contributed by atoms with Crippen LogP contribution in [0, 0.1) is 5.82 Å². The molecule has 0 aliphatic carbocycles. The van der Waals surface area contributed by atoms with Crippen molar-refractivity contribution in [1.82, 2.24) is 5.32 Å². The summed E-state index contributed by atoms with van der Waals surface area (Å²) in [5.74, 6) is -1.14. The Morgan fingerprint density at radius 3 is 2.36 bits per heavy atom. The fourth-order valence-corrected chi connectivity index (χ4v) is 5.03. The van der Waals surface area contributed by atoms with E-state index < -0.39 is 17.8 Å². The van der Waals surface area contributed by atoms with Crippen LogP contribution in [0.3, 0.4) is 0 Å². The molecule has 7 nitrogen and oxygen atoms in total. The second-order valence-corrected chi connectivity index (χ2v) is 10.4. The Bertz CT molecular complexity index is 1940. The van der Waals surface area contributed by atoms with E-state index in [1.54, 1.807) is 48.5 Å². The van der Waals surface area contributed by atoms with Gasteiger partial charge in [0.2, 0.25) is 0 Å². The second-order valence-electron chi connectivity index (χ2n) is 9.95. The number of halogens is 2. The zero-order valence-electron chi connectivity index (χ0n) is 23.1. The van der Waals surface area contributed by atoms with Gasteiger partial charge in [0.15, 0.2) is 0 Å². The SMILES string of the molecule is O=C1NC(=O)N(c2ccc(OCc3ccccc3Cl)cc2)C(=O)/C1=C/c1c(OCc2cccc(F)c2)ccc2ccccc12. The molecule has 1 heterocycles. The molecule has 1 saturated heterocycles. The monoisotopic (exact) mass is 606 g/mol. The minimum absolute atomic E-state index is 0.0575. The highest BCUT2D eigenvalue weighted by molar-refractivity contribution is 6.39. The molecule has 218 valence electrons. The summed E-state index contributed by atoms with van der Waals surface area (Å²) in [5.41, 5.74) is 1.88. The van der Waals surface area contributed by atoms with Gasteiger partial charge in [-0.15, -0.1) is 0 Å². The number of anilines is 1. The van der Waals surface area contributed by atoms with Crippen molar-refractivity contribution in [3.8, 4) is 11.5 Å². The topological polar surface area (TPSA) is 84.9 Å². The number of urea groups is 1. The molecule has 1 fully saturated rings. The zero-order chi connectivity index (χ0) is 30.6. The third kappa shape index (κ3) is 6.02. The molecular weight excluding hydrogens is 583 g/mol. The van der Waals surface area contributed by atoms with Crippen LogP contribution in [0.25, 0.3) is 16.8 Å². The van der Waals surface area contributed by atoms with Crippen LogP contribution in [0.1, 0.15) is 16.7 Å². The summed E-state index contributed by atoms with van der Waals surface area (Å²) in [4.78, 5) is 40.4. The fourth-order valence-electron chi connectivity index (χ4n) is 4.84. The molecule has 0 unspecified atom stereocenters. The Hall–Kier alpha value is -5.47. The van der Waals surface area contributed by atoms with E-state index in [2.05, 4.69) is 5.32 Å². The Balaban J connectivity index is 1.29. The number of nitrogens with one attached hydrogen (secondary N) is 1. The average molecular weight is 607 g/mol. The maximum absolute atomic E-state index is 13.7. The Morgan fingerprint density at radius 2 is 1.57 bits per heavy atom. The molecule has 5 aromatic rings. The average Bonchev–Trinajstić information content (AvgIpc) is 3.02. The van der Waals surface area contributed by atoms with E-state index in [4.69, 9.17) is 21.1 Å². The van der Waals surface area contributed by atoms with Crippen LogP contribution in [0.15, 0.2) is 115 Å². The molecule has 1 aliphatic heterocycles. The van der Waals surface area contributed by atoms with Gasteiger partial charge in [-0.05, 0) is 70.9 Å². The lowest BCUT2D eigenvalue weighted by molar-refractivity contribution is -0.122. The number of fused-ring (bicyclic) bond motifs is 1. The van der Waals surface area contributed by atoms with E-state index in [0.717, 1.165) is 21.2 Å². The van der Waals surface area contributed by atoms with Crippen LogP contribution < -0.4 is 19.7 Å². The van der Waals surface area contributed by atoms with Gasteiger partial charge in [0.25, 0.3) is 11.8 Å². The minimum Gasteiger partial charge on any atom is -0.489 e.